The van der Waals surface area contributed by atoms with E-state index >= 15 is 0 Å². The van der Waals surface area contributed by atoms with Gasteiger partial charge in [0, 0.05) is 44.6 Å². The molecule has 0 radical (unpaired) electrons. The Kier molecular flexibility index (Phi) is 7.38. The third kappa shape index (κ3) is 6.18. The van der Waals surface area contributed by atoms with Gasteiger partial charge in [-0.15, -0.1) is 0 Å². The highest BCUT2D eigenvalue weighted by Gasteiger charge is 2.14. The van der Waals surface area contributed by atoms with Crippen molar-refractivity contribution >= 4 is 22.7 Å². The molecule has 2 rings (SSSR count). The van der Waals surface area contributed by atoms with Crippen molar-refractivity contribution in [3.63, 3.8) is 0 Å². The summed E-state index contributed by atoms with van der Waals surface area (Å²) in [6, 6.07) is 10.1. The molecule has 25 heavy (non-hydrogen) atoms. The van der Waals surface area contributed by atoms with Crippen LogP contribution in [-0.4, -0.2) is 34.8 Å². The average molecular weight is 341 g/mol. The number of rotatable bonds is 9. The van der Waals surface area contributed by atoms with Crippen molar-refractivity contribution in [2.75, 3.05) is 13.1 Å². The van der Waals surface area contributed by atoms with Gasteiger partial charge in [-0.3, -0.25) is 14.6 Å². The van der Waals surface area contributed by atoms with Crippen LogP contribution in [0, 0.1) is 0 Å². The summed E-state index contributed by atoms with van der Waals surface area (Å²) < 4.78 is 0. The first-order chi connectivity index (χ1) is 12.1. The third-order valence-corrected chi connectivity index (χ3v) is 4.10. The number of para-hydroxylation sites is 1. The van der Waals surface area contributed by atoms with Crippen LogP contribution in [-0.2, 0) is 16.1 Å². The summed E-state index contributed by atoms with van der Waals surface area (Å²) in [5.41, 5.74) is 2.01. The maximum atomic E-state index is 12.6. The predicted molar refractivity (Wildman–Crippen MR) is 100.0 cm³/mol. The monoisotopic (exact) mass is 341 g/mol. The SMILES string of the molecule is CCCCN(Cc1cnc2ccccc2c1)C(=O)CCCNC(C)=O. The molecule has 1 aromatic heterocycles. The van der Waals surface area contributed by atoms with Crippen LogP contribution >= 0.6 is 0 Å². The number of amides is 2. The van der Waals surface area contributed by atoms with Gasteiger partial charge in [-0.25, -0.2) is 0 Å². The Morgan fingerprint density at radius 3 is 2.76 bits per heavy atom. The molecule has 1 N–H and O–H groups in total. The molecule has 1 heterocycles. The van der Waals surface area contributed by atoms with Gasteiger partial charge in [0.05, 0.1) is 5.52 Å². The van der Waals surface area contributed by atoms with E-state index in [0.29, 0.717) is 25.9 Å². The molecule has 0 aliphatic carbocycles. The van der Waals surface area contributed by atoms with E-state index in [-0.39, 0.29) is 11.8 Å². The molecule has 0 atom stereocenters. The highest BCUT2D eigenvalue weighted by atomic mass is 16.2. The first-order valence-corrected chi connectivity index (χ1v) is 8.96. The molecule has 0 fully saturated rings. The minimum absolute atomic E-state index is 0.0578. The molecular weight excluding hydrogens is 314 g/mol. The zero-order valence-electron chi connectivity index (χ0n) is 15.1. The summed E-state index contributed by atoms with van der Waals surface area (Å²) in [5, 5.41) is 3.82. The maximum Gasteiger partial charge on any atom is 0.222 e. The summed E-state index contributed by atoms with van der Waals surface area (Å²) in [6.45, 7) is 5.48. The number of benzene rings is 1. The van der Waals surface area contributed by atoms with Crippen LogP contribution < -0.4 is 5.32 Å². The van der Waals surface area contributed by atoms with Gasteiger partial charge in [-0.1, -0.05) is 31.5 Å². The Morgan fingerprint density at radius 2 is 2.00 bits per heavy atom. The topological polar surface area (TPSA) is 62.3 Å². The number of carbonyl (C=O) groups is 2. The number of aromatic nitrogens is 1. The van der Waals surface area contributed by atoms with Crippen LogP contribution in [0.15, 0.2) is 36.5 Å². The standard InChI is InChI=1S/C20H27N3O2/c1-3-4-12-23(20(25)10-7-11-21-16(2)24)15-17-13-18-8-5-6-9-19(18)22-14-17/h5-6,8-9,13-14H,3-4,7,10-12,15H2,1-2H3,(H,21,24). The molecule has 0 saturated heterocycles. The second-order valence-electron chi connectivity index (χ2n) is 6.29. The van der Waals surface area contributed by atoms with E-state index < -0.39 is 0 Å². The summed E-state index contributed by atoms with van der Waals surface area (Å²) in [4.78, 5) is 29.8. The quantitative estimate of drug-likeness (QED) is 0.712. The van der Waals surface area contributed by atoms with Crippen LogP contribution in [0.4, 0.5) is 0 Å². The minimum atomic E-state index is -0.0578. The van der Waals surface area contributed by atoms with E-state index in [2.05, 4.69) is 23.3 Å². The van der Waals surface area contributed by atoms with Crippen molar-refractivity contribution in [1.82, 2.24) is 15.2 Å². The molecule has 0 aliphatic rings. The summed E-state index contributed by atoms with van der Waals surface area (Å²) in [6.07, 6.45) is 5.00. The summed E-state index contributed by atoms with van der Waals surface area (Å²) in [5.74, 6) is 0.0736. The van der Waals surface area contributed by atoms with E-state index in [1.165, 1.54) is 6.92 Å². The summed E-state index contributed by atoms with van der Waals surface area (Å²) in [7, 11) is 0. The lowest BCUT2D eigenvalue weighted by atomic mass is 10.1. The normalized spacial score (nSPS) is 10.6. The second kappa shape index (κ2) is 9.77. The van der Waals surface area contributed by atoms with E-state index in [0.717, 1.165) is 35.9 Å². The fourth-order valence-electron chi connectivity index (χ4n) is 2.73. The maximum absolute atomic E-state index is 12.6. The van der Waals surface area contributed by atoms with Crippen LogP contribution in [0.2, 0.25) is 0 Å². The molecular formula is C20H27N3O2. The number of unbranched alkanes of at least 4 members (excludes halogenated alkanes) is 1. The Balaban J connectivity index is 1.99. The number of nitrogens with zero attached hydrogens (tertiary/aromatic N) is 2. The number of hydrogen-bond donors (Lipinski definition) is 1. The lowest BCUT2D eigenvalue weighted by Crippen LogP contribution is -2.32. The number of hydrogen-bond acceptors (Lipinski definition) is 3. The fraction of sp³-hybridized carbons (Fsp3) is 0.450. The van der Waals surface area contributed by atoms with Gasteiger partial charge in [-0.2, -0.15) is 0 Å². The van der Waals surface area contributed by atoms with Gasteiger partial charge in [0.2, 0.25) is 11.8 Å². The largest absolute Gasteiger partial charge is 0.356 e. The minimum Gasteiger partial charge on any atom is -0.356 e. The van der Waals surface area contributed by atoms with Crippen LogP contribution in [0.1, 0.15) is 45.1 Å². The van der Waals surface area contributed by atoms with Crippen molar-refractivity contribution in [3.8, 4) is 0 Å². The number of nitrogens with one attached hydrogen (secondary N) is 1. The smallest absolute Gasteiger partial charge is 0.222 e. The molecule has 0 bridgehead atoms. The molecule has 0 unspecified atom stereocenters. The van der Waals surface area contributed by atoms with Crippen molar-refractivity contribution in [3.05, 3.63) is 42.1 Å². The fourth-order valence-corrected chi connectivity index (χ4v) is 2.73. The predicted octanol–water partition coefficient (Wildman–Crippen LogP) is 3.28. The number of pyridine rings is 1. The van der Waals surface area contributed by atoms with Crippen molar-refractivity contribution < 1.29 is 9.59 Å². The molecule has 5 nitrogen and oxygen atoms in total. The molecule has 0 aliphatic heterocycles. The zero-order valence-corrected chi connectivity index (χ0v) is 15.1. The zero-order chi connectivity index (χ0) is 18.1. The molecule has 134 valence electrons. The van der Waals surface area contributed by atoms with Gasteiger partial charge < -0.3 is 10.2 Å². The Bertz CT molecular complexity index is 715. The molecule has 5 heteroatoms. The number of carbonyl (C=O) groups excluding carboxylic acids is 2. The molecule has 2 amide bonds. The molecule has 2 aromatic rings. The Morgan fingerprint density at radius 1 is 1.20 bits per heavy atom. The third-order valence-electron chi connectivity index (χ3n) is 4.10. The van der Waals surface area contributed by atoms with Gasteiger partial charge in [-0.05, 0) is 30.5 Å². The van der Waals surface area contributed by atoms with Gasteiger partial charge in [0.15, 0.2) is 0 Å². The van der Waals surface area contributed by atoms with Crippen molar-refractivity contribution in [1.29, 1.82) is 0 Å². The lowest BCUT2D eigenvalue weighted by molar-refractivity contribution is -0.132. The van der Waals surface area contributed by atoms with Gasteiger partial charge >= 0.3 is 0 Å². The summed E-state index contributed by atoms with van der Waals surface area (Å²) >= 11 is 0. The average Bonchev–Trinajstić information content (AvgIpc) is 2.61. The highest BCUT2D eigenvalue weighted by Crippen LogP contribution is 2.15. The van der Waals surface area contributed by atoms with E-state index in [4.69, 9.17) is 0 Å². The second-order valence-corrected chi connectivity index (χ2v) is 6.29. The lowest BCUT2D eigenvalue weighted by Gasteiger charge is -2.23. The van der Waals surface area contributed by atoms with Crippen molar-refractivity contribution in [2.24, 2.45) is 0 Å². The van der Waals surface area contributed by atoms with Gasteiger partial charge in [0.25, 0.3) is 0 Å². The van der Waals surface area contributed by atoms with E-state index in [1.54, 1.807) is 0 Å². The van der Waals surface area contributed by atoms with Crippen LogP contribution in [0.3, 0.4) is 0 Å². The van der Waals surface area contributed by atoms with Crippen LogP contribution in [0.25, 0.3) is 10.9 Å². The Labute approximate surface area is 149 Å². The van der Waals surface area contributed by atoms with Crippen molar-refractivity contribution in [2.45, 2.75) is 46.1 Å². The highest BCUT2D eigenvalue weighted by molar-refractivity contribution is 5.79. The van der Waals surface area contributed by atoms with E-state index in [1.807, 2.05) is 35.4 Å². The molecule has 0 spiro atoms. The first kappa shape index (κ1) is 18.9. The first-order valence-electron chi connectivity index (χ1n) is 8.96. The molecule has 1 aromatic carbocycles. The van der Waals surface area contributed by atoms with E-state index in [9.17, 15) is 9.59 Å². The van der Waals surface area contributed by atoms with Gasteiger partial charge in [0.1, 0.15) is 0 Å². The van der Waals surface area contributed by atoms with Crippen LogP contribution in [0.5, 0.6) is 0 Å². The number of fused-ring (bicyclic) bond motifs is 1. The Hall–Kier alpha value is -2.43. The molecule has 0 saturated carbocycles.